The van der Waals surface area contributed by atoms with E-state index in [-0.39, 0.29) is 11.9 Å². The summed E-state index contributed by atoms with van der Waals surface area (Å²) in [7, 11) is 0. The van der Waals surface area contributed by atoms with Crippen molar-refractivity contribution in [3.63, 3.8) is 0 Å². The molecular weight excluding hydrogens is 320 g/mol. The summed E-state index contributed by atoms with van der Waals surface area (Å²) in [5.74, 6) is 0.498. The van der Waals surface area contributed by atoms with Crippen LogP contribution >= 0.6 is 12.6 Å². The highest BCUT2D eigenvalue weighted by atomic mass is 32.1. The topological polar surface area (TPSA) is 39.4 Å². The number of hydrogen-bond donors (Lipinski definition) is 1. The average molecular weight is 355 g/mol. The third kappa shape index (κ3) is 8.81. The van der Waals surface area contributed by atoms with Crippen molar-refractivity contribution in [3.8, 4) is 0 Å². The van der Waals surface area contributed by atoms with Crippen molar-refractivity contribution >= 4 is 18.6 Å². The highest BCUT2D eigenvalue weighted by Gasteiger charge is 2.17. The van der Waals surface area contributed by atoms with E-state index in [4.69, 9.17) is 9.15 Å². The Bertz CT molecular complexity index is 448. The summed E-state index contributed by atoms with van der Waals surface area (Å²) in [6.07, 6.45) is 14.0. The smallest absolute Gasteiger partial charge is 0.374 e. The van der Waals surface area contributed by atoms with Crippen LogP contribution in [0.1, 0.15) is 101 Å². The van der Waals surface area contributed by atoms with Crippen LogP contribution in [0.25, 0.3) is 0 Å². The summed E-state index contributed by atoms with van der Waals surface area (Å²) in [6, 6.07) is 1.62. The minimum atomic E-state index is -0.391. The van der Waals surface area contributed by atoms with Crippen LogP contribution in [0.5, 0.6) is 0 Å². The molecule has 1 heterocycles. The lowest BCUT2D eigenvalue weighted by molar-refractivity contribution is 0.0282. The first-order valence-corrected chi connectivity index (χ1v) is 9.99. The Morgan fingerprint density at radius 3 is 2.12 bits per heavy atom. The minimum absolute atomic E-state index is 0.0692. The quantitative estimate of drug-likeness (QED) is 0.242. The lowest BCUT2D eigenvalue weighted by Crippen LogP contribution is -2.14. The molecule has 1 unspecified atom stereocenters. The van der Waals surface area contributed by atoms with Gasteiger partial charge >= 0.3 is 5.97 Å². The van der Waals surface area contributed by atoms with Crippen LogP contribution in [0.3, 0.4) is 0 Å². The molecule has 24 heavy (non-hydrogen) atoms. The third-order valence-electron chi connectivity index (χ3n) is 4.37. The van der Waals surface area contributed by atoms with Gasteiger partial charge in [-0.25, -0.2) is 4.79 Å². The number of aryl methyl sites for hydroxylation is 1. The molecule has 0 fully saturated rings. The van der Waals surface area contributed by atoms with Gasteiger partial charge in [-0.2, -0.15) is 0 Å². The van der Waals surface area contributed by atoms with E-state index in [0.717, 1.165) is 12.8 Å². The second-order valence-electron chi connectivity index (χ2n) is 6.74. The molecule has 0 saturated carbocycles. The highest BCUT2D eigenvalue weighted by Crippen LogP contribution is 2.20. The molecule has 0 saturated heterocycles. The standard InChI is InChI=1S/C20H34O3S/c1-4-5-6-7-8-9-10-11-12-13-14-16(2)22-20(21)18-15-19(24)17(3)23-18/h15-16,24H,4-14H2,1-3H3. The fourth-order valence-electron chi connectivity index (χ4n) is 2.79. The molecule has 0 N–H and O–H groups in total. The van der Waals surface area contributed by atoms with E-state index in [0.29, 0.717) is 10.7 Å². The summed E-state index contributed by atoms with van der Waals surface area (Å²) >= 11 is 4.22. The number of rotatable bonds is 13. The maximum Gasteiger partial charge on any atom is 0.374 e. The summed E-state index contributed by atoms with van der Waals surface area (Å²) in [4.78, 5) is 12.6. The van der Waals surface area contributed by atoms with E-state index >= 15 is 0 Å². The largest absolute Gasteiger partial charge is 0.457 e. The van der Waals surface area contributed by atoms with Gasteiger partial charge in [-0.05, 0) is 26.7 Å². The number of furan rings is 1. The molecule has 3 nitrogen and oxygen atoms in total. The normalized spacial score (nSPS) is 12.3. The number of ether oxygens (including phenoxy) is 1. The van der Waals surface area contributed by atoms with Crippen molar-refractivity contribution in [2.75, 3.05) is 0 Å². The van der Waals surface area contributed by atoms with Crippen molar-refractivity contribution in [1.82, 2.24) is 0 Å². The first-order chi connectivity index (χ1) is 11.5. The Kier molecular flexibility index (Phi) is 11.0. The molecule has 0 aliphatic rings. The van der Waals surface area contributed by atoms with Crippen molar-refractivity contribution in [1.29, 1.82) is 0 Å². The first kappa shape index (κ1) is 21.1. The maximum atomic E-state index is 12.0. The zero-order chi connectivity index (χ0) is 17.8. The highest BCUT2D eigenvalue weighted by molar-refractivity contribution is 7.80. The van der Waals surface area contributed by atoms with Gasteiger partial charge in [0.15, 0.2) is 0 Å². The number of esters is 1. The van der Waals surface area contributed by atoms with Gasteiger partial charge in [-0.15, -0.1) is 12.6 Å². The number of carbonyl (C=O) groups is 1. The molecule has 138 valence electrons. The van der Waals surface area contributed by atoms with Crippen molar-refractivity contribution in [2.45, 2.75) is 102 Å². The van der Waals surface area contributed by atoms with Crippen LogP contribution in [-0.2, 0) is 4.74 Å². The second-order valence-corrected chi connectivity index (χ2v) is 7.22. The zero-order valence-electron chi connectivity index (χ0n) is 15.6. The van der Waals surface area contributed by atoms with E-state index in [1.807, 2.05) is 6.92 Å². The van der Waals surface area contributed by atoms with Gasteiger partial charge in [0, 0.05) is 11.0 Å². The van der Waals surface area contributed by atoms with Gasteiger partial charge in [0.1, 0.15) is 5.76 Å². The lowest BCUT2D eigenvalue weighted by Gasteiger charge is -2.12. The molecule has 0 aliphatic carbocycles. The van der Waals surface area contributed by atoms with E-state index in [1.165, 1.54) is 57.8 Å². The third-order valence-corrected chi connectivity index (χ3v) is 4.81. The van der Waals surface area contributed by atoms with Gasteiger partial charge in [0.2, 0.25) is 5.76 Å². The molecule has 0 aliphatic heterocycles. The molecule has 0 aromatic carbocycles. The Morgan fingerprint density at radius 2 is 1.62 bits per heavy atom. The van der Waals surface area contributed by atoms with Crippen molar-refractivity contribution in [3.05, 3.63) is 17.6 Å². The van der Waals surface area contributed by atoms with Crippen LogP contribution < -0.4 is 0 Å². The van der Waals surface area contributed by atoms with Crippen LogP contribution in [0.4, 0.5) is 0 Å². The number of unbranched alkanes of at least 4 members (excludes halogenated alkanes) is 9. The zero-order valence-corrected chi connectivity index (χ0v) is 16.5. The van der Waals surface area contributed by atoms with E-state index < -0.39 is 5.97 Å². The summed E-state index contributed by atoms with van der Waals surface area (Å²) in [6.45, 7) is 5.99. The molecule has 0 bridgehead atoms. The molecule has 0 amide bonds. The molecule has 1 aromatic heterocycles. The molecule has 0 radical (unpaired) electrons. The van der Waals surface area contributed by atoms with Gasteiger partial charge in [0.05, 0.1) is 6.10 Å². The van der Waals surface area contributed by atoms with E-state index in [9.17, 15) is 4.79 Å². The van der Waals surface area contributed by atoms with Crippen LogP contribution in [-0.4, -0.2) is 12.1 Å². The minimum Gasteiger partial charge on any atom is -0.457 e. The monoisotopic (exact) mass is 354 g/mol. The molecule has 1 rings (SSSR count). The molecule has 1 atom stereocenters. The summed E-state index contributed by atoms with van der Waals surface area (Å²) in [5, 5.41) is 0. The number of thiol groups is 1. The fourth-order valence-corrected chi connectivity index (χ4v) is 2.95. The van der Waals surface area contributed by atoms with Gasteiger partial charge in [-0.1, -0.05) is 64.7 Å². The summed E-state index contributed by atoms with van der Waals surface area (Å²) < 4.78 is 10.8. The van der Waals surface area contributed by atoms with Gasteiger partial charge in [0.25, 0.3) is 0 Å². The van der Waals surface area contributed by atoms with Crippen LogP contribution in [0.15, 0.2) is 15.4 Å². The van der Waals surface area contributed by atoms with E-state index in [2.05, 4.69) is 19.6 Å². The SMILES string of the molecule is CCCCCCCCCCCCC(C)OC(=O)c1cc(S)c(C)o1. The molecule has 1 aromatic rings. The van der Waals surface area contributed by atoms with Crippen molar-refractivity contribution in [2.24, 2.45) is 0 Å². The lowest BCUT2D eigenvalue weighted by atomic mass is 10.0. The fraction of sp³-hybridized carbons (Fsp3) is 0.750. The Labute approximate surface area is 152 Å². The Morgan fingerprint density at radius 1 is 1.08 bits per heavy atom. The van der Waals surface area contributed by atoms with Gasteiger partial charge < -0.3 is 9.15 Å². The number of hydrogen-bond acceptors (Lipinski definition) is 4. The van der Waals surface area contributed by atoms with Gasteiger partial charge in [-0.3, -0.25) is 0 Å². The molecular formula is C20H34O3S. The molecule has 0 spiro atoms. The maximum absolute atomic E-state index is 12.0. The van der Waals surface area contributed by atoms with Crippen molar-refractivity contribution < 1.29 is 13.9 Å². The van der Waals surface area contributed by atoms with Crippen LogP contribution in [0, 0.1) is 6.92 Å². The summed E-state index contributed by atoms with van der Waals surface area (Å²) in [5.41, 5.74) is 0. The first-order valence-electron chi connectivity index (χ1n) is 9.55. The Hall–Kier alpha value is -0.900. The number of carbonyl (C=O) groups excluding carboxylic acids is 1. The predicted molar refractivity (Wildman–Crippen MR) is 102 cm³/mol. The molecule has 4 heteroatoms. The Balaban J connectivity index is 2.02. The van der Waals surface area contributed by atoms with E-state index in [1.54, 1.807) is 13.0 Å². The second kappa shape index (κ2) is 12.5. The average Bonchev–Trinajstić information content (AvgIpc) is 2.88. The predicted octanol–water partition coefficient (Wildman–Crippen LogP) is 6.73. The van der Waals surface area contributed by atoms with Crippen LogP contribution in [0.2, 0.25) is 0 Å².